The lowest BCUT2D eigenvalue weighted by atomic mass is 10.0. The van der Waals surface area contributed by atoms with Crippen LogP contribution in [0.4, 0.5) is 20.3 Å². The van der Waals surface area contributed by atoms with Gasteiger partial charge in [0.15, 0.2) is 11.5 Å². The molecular weight excluding hydrogens is 566 g/mol. The van der Waals surface area contributed by atoms with E-state index in [2.05, 4.69) is 26.5 Å². The molecule has 1 aromatic carbocycles. The fourth-order valence-corrected chi connectivity index (χ4v) is 5.82. The van der Waals surface area contributed by atoms with Crippen LogP contribution in [0.2, 0.25) is 0 Å². The predicted octanol–water partition coefficient (Wildman–Crippen LogP) is 4.96. The van der Waals surface area contributed by atoms with Gasteiger partial charge in [-0.3, -0.25) is 4.79 Å². The van der Waals surface area contributed by atoms with Crippen LogP contribution < -0.4 is 16.3 Å². The molecule has 44 heavy (non-hydrogen) atoms. The Morgan fingerprint density at radius 3 is 2.27 bits per heavy atom. The summed E-state index contributed by atoms with van der Waals surface area (Å²) in [6.45, 7) is 15.8. The van der Waals surface area contributed by atoms with Gasteiger partial charge in [-0.05, 0) is 50.0 Å². The van der Waals surface area contributed by atoms with Crippen molar-refractivity contribution in [1.29, 1.82) is 0 Å². The Bertz CT molecular complexity index is 1790. The average Bonchev–Trinajstić information content (AvgIpc) is 2.97. The summed E-state index contributed by atoms with van der Waals surface area (Å²) in [4.78, 5) is 48.4. The van der Waals surface area contributed by atoms with Crippen LogP contribution in [0.25, 0.3) is 28.0 Å². The molecule has 0 aliphatic carbocycles. The molecule has 1 aliphatic heterocycles. The fraction of sp³-hybridized carbons (Fsp3) is 0.375. The van der Waals surface area contributed by atoms with E-state index in [1.807, 2.05) is 46.4 Å². The largest absolute Gasteiger partial charge is 0.398 e. The number of nitrogens with two attached hydrogens (primary N) is 1. The molecule has 0 unspecified atom stereocenters. The molecule has 0 spiro atoms. The molecule has 2 N–H and O–H groups in total. The van der Waals surface area contributed by atoms with Crippen molar-refractivity contribution >= 4 is 28.4 Å². The zero-order chi connectivity index (χ0) is 32.0. The number of hydrogen-bond donors (Lipinski definition) is 1. The standard InChI is InChI=1S/C32H36F2N8O2/c1-8-24(43)40-13-19(7)41(14-18(40)6)30-20-12-22(34)28(25-21(33)10-9-11-23(25)35)38-31(20)42(32(44)39-30)29-26(16(2)3)36-15-37-27(29)17(4)5/h8-12,15-19H,1,13-14,35H2,2-7H3/t18-,19+/m1/s1. The van der Waals surface area contributed by atoms with Gasteiger partial charge in [0, 0.05) is 30.9 Å². The lowest BCUT2D eigenvalue weighted by molar-refractivity contribution is -0.128. The first-order valence-corrected chi connectivity index (χ1v) is 14.6. The molecule has 0 saturated carbocycles. The van der Waals surface area contributed by atoms with Gasteiger partial charge in [-0.15, -0.1) is 0 Å². The molecule has 0 bridgehead atoms. The van der Waals surface area contributed by atoms with E-state index in [1.54, 1.807) is 4.90 Å². The molecule has 4 aromatic rings. The first kappa shape index (κ1) is 30.7. The number of amides is 1. The van der Waals surface area contributed by atoms with Crippen LogP contribution in [0.1, 0.15) is 64.8 Å². The molecule has 2 atom stereocenters. The number of carbonyl (C=O) groups is 1. The number of rotatable bonds is 6. The van der Waals surface area contributed by atoms with Gasteiger partial charge < -0.3 is 15.5 Å². The topological polar surface area (TPSA) is 123 Å². The van der Waals surface area contributed by atoms with Gasteiger partial charge in [-0.25, -0.2) is 33.1 Å². The molecule has 5 rings (SSSR count). The molecule has 4 heterocycles. The van der Waals surface area contributed by atoms with Crippen molar-refractivity contribution in [2.75, 3.05) is 23.7 Å². The third-order valence-corrected chi connectivity index (χ3v) is 8.00. The number of piperazine rings is 1. The smallest absolute Gasteiger partial charge is 0.355 e. The third kappa shape index (κ3) is 5.18. The summed E-state index contributed by atoms with van der Waals surface area (Å²) in [5, 5.41) is 0.233. The Hall–Kier alpha value is -4.74. The second kappa shape index (κ2) is 11.7. The SMILES string of the molecule is C=CC(=O)N1C[C@H](C)N(c2nc(=O)n(-c3c(C(C)C)ncnc3C(C)C)c3nc(-c4c(N)cccc4F)c(F)cc23)C[C@H]1C. The van der Waals surface area contributed by atoms with Crippen molar-refractivity contribution in [2.45, 2.75) is 65.5 Å². The number of aromatic nitrogens is 5. The Kier molecular flexibility index (Phi) is 8.19. The zero-order valence-electron chi connectivity index (χ0n) is 25.7. The van der Waals surface area contributed by atoms with Crippen LogP contribution in [0.3, 0.4) is 0 Å². The van der Waals surface area contributed by atoms with Gasteiger partial charge in [0.1, 0.15) is 23.7 Å². The van der Waals surface area contributed by atoms with Crippen molar-refractivity contribution in [1.82, 2.24) is 29.4 Å². The van der Waals surface area contributed by atoms with E-state index in [0.29, 0.717) is 30.2 Å². The lowest BCUT2D eigenvalue weighted by Gasteiger charge is -2.44. The normalized spacial score (nSPS) is 17.1. The molecular formula is C32H36F2N8O2. The summed E-state index contributed by atoms with van der Waals surface area (Å²) >= 11 is 0. The van der Waals surface area contributed by atoms with Gasteiger partial charge in [0.25, 0.3) is 0 Å². The Morgan fingerprint density at radius 2 is 1.68 bits per heavy atom. The van der Waals surface area contributed by atoms with E-state index in [4.69, 9.17) is 5.73 Å². The highest BCUT2D eigenvalue weighted by molar-refractivity contribution is 5.92. The summed E-state index contributed by atoms with van der Waals surface area (Å²) in [6.07, 6.45) is 2.72. The number of nitrogens with zero attached hydrogens (tertiary/aromatic N) is 7. The number of fused-ring (bicyclic) bond motifs is 1. The summed E-state index contributed by atoms with van der Waals surface area (Å²) < 4.78 is 32.5. The number of anilines is 2. The van der Waals surface area contributed by atoms with Crippen molar-refractivity contribution in [2.24, 2.45) is 0 Å². The molecule has 0 radical (unpaired) electrons. The van der Waals surface area contributed by atoms with Gasteiger partial charge in [0.2, 0.25) is 5.91 Å². The number of pyridine rings is 1. The quantitative estimate of drug-likeness (QED) is 0.243. The van der Waals surface area contributed by atoms with Crippen LogP contribution in [-0.4, -0.2) is 60.5 Å². The number of hydrogen-bond acceptors (Lipinski definition) is 8. The molecule has 10 nitrogen and oxygen atoms in total. The monoisotopic (exact) mass is 602 g/mol. The van der Waals surface area contributed by atoms with Crippen LogP contribution in [0.15, 0.2) is 48.0 Å². The number of benzene rings is 1. The van der Waals surface area contributed by atoms with E-state index in [9.17, 15) is 9.59 Å². The summed E-state index contributed by atoms with van der Waals surface area (Å²) in [7, 11) is 0. The average molecular weight is 603 g/mol. The summed E-state index contributed by atoms with van der Waals surface area (Å²) in [5.41, 5.74) is 6.51. The van der Waals surface area contributed by atoms with Crippen LogP contribution >= 0.6 is 0 Å². The molecule has 1 fully saturated rings. The predicted molar refractivity (Wildman–Crippen MR) is 167 cm³/mol. The Morgan fingerprint density at radius 1 is 1.02 bits per heavy atom. The van der Waals surface area contributed by atoms with E-state index >= 15 is 8.78 Å². The minimum Gasteiger partial charge on any atom is -0.398 e. The fourth-order valence-electron chi connectivity index (χ4n) is 5.82. The maximum Gasteiger partial charge on any atom is 0.355 e. The van der Waals surface area contributed by atoms with Crippen molar-refractivity contribution in [3.05, 3.63) is 76.8 Å². The Labute approximate surface area is 254 Å². The molecule has 12 heteroatoms. The molecule has 1 aliphatic rings. The van der Waals surface area contributed by atoms with Gasteiger partial charge in [-0.1, -0.05) is 40.3 Å². The van der Waals surface area contributed by atoms with Gasteiger partial charge in [0.05, 0.1) is 28.0 Å². The minimum absolute atomic E-state index is 0.00170. The molecule has 1 saturated heterocycles. The lowest BCUT2D eigenvalue weighted by Crippen LogP contribution is -2.58. The number of carbonyl (C=O) groups excluding carboxylic acids is 1. The van der Waals surface area contributed by atoms with Crippen molar-refractivity contribution in [3.8, 4) is 16.9 Å². The highest BCUT2D eigenvalue weighted by atomic mass is 19.1. The van der Waals surface area contributed by atoms with Crippen LogP contribution in [0, 0.1) is 11.6 Å². The highest BCUT2D eigenvalue weighted by Gasteiger charge is 2.34. The molecule has 3 aromatic heterocycles. The van der Waals surface area contributed by atoms with E-state index in [1.165, 1.54) is 41.2 Å². The van der Waals surface area contributed by atoms with Crippen LogP contribution in [-0.2, 0) is 4.79 Å². The van der Waals surface area contributed by atoms with Crippen LogP contribution in [0.5, 0.6) is 0 Å². The molecule has 230 valence electrons. The highest BCUT2D eigenvalue weighted by Crippen LogP contribution is 2.36. The van der Waals surface area contributed by atoms with Crippen molar-refractivity contribution < 1.29 is 13.6 Å². The van der Waals surface area contributed by atoms with E-state index < -0.39 is 17.3 Å². The maximum absolute atomic E-state index is 16.0. The van der Waals surface area contributed by atoms with Gasteiger partial charge in [-0.2, -0.15) is 4.98 Å². The first-order chi connectivity index (χ1) is 20.8. The van der Waals surface area contributed by atoms with E-state index in [0.717, 1.165) is 0 Å². The third-order valence-electron chi connectivity index (χ3n) is 8.00. The zero-order valence-corrected chi connectivity index (χ0v) is 25.7. The summed E-state index contributed by atoms with van der Waals surface area (Å²) in [6, 6.07) is 4.73. The minimum atomic E-state index is -0.832. The summed E-state index contributed by atoms with van der Waals surface area (Å²) in [5.74, 6) is -1.82. The second-order valence-electron chi connectivity index (χ2n) is 11.8. The number of nitrogen functional groups attached to an aromatic ring is 1. The van der Waals surface area contributed by atoms with Crippen molar-refractivity contribution in [3.63, 3.8) is 0 Å². The van der Waals surface area contributed by atoms with Gasteiger partial charge >= 0.3 is 5.69 Å². The Balaban J connectivity index is 1.88. The number of halogens is 2. The maximum atomic E-state index is 16.0. The van der Waals surface area contributed by atoms with E-state index in [-0.39, 0.29) is 63.6 Å². The first-order valence-electron chi connectivity index (χ1n) is 14.6. The molecule has 1 amide bonds. The second-order valence-corrected chi connectivity index (χ2v) is 11.8.